The van der Waals surface area contributed by atoms with Gasteiger partial charge in [-0.15, -0.1) is 0 Å². The van der Waals surface area contributed by atoms with Crippen LogP contribution in [0.3, 0.4) is 0 Å². The molecule has 2 heterocycles. The first-order chi connectivity index (χ1) is 15.3. The Bertz CT molecular complexity index is 876. The van der Waals surface area contributed by atoms with Gasteiger partial charge in [0.15, 0.2) is 0 Å². The molecule has 4 amide bonds. The van der Waals surface area contributed by atoms with Gasteiger partial charge in [0.1, 0.15) is 0 Å². The minimum absolute atomic E-state index is 0.0328. The number of Topliss-reactive ketones (excluding diaryl/α,β-unsaturated/α-hetero) is 1. The SMILES string of the molecule is Cn1cc(C(=O)NCC(=O)NC(CC2CCNC2=O)C(=O)C(=O)NC2CCCCC2)cn1. The van der Waals surface area contributed by atoms with Crippen molar-refractivity contribution in [2.24, 2.45) is 13.0 Å². The zero-order valence-electron chi connectivity index (χ0n) is 18.2. The average molecular weight is 447 g/mol. The minimum atomic E-state index is -1.14. The second-order valence-electron chi connectivity index (χ2n) is 8.39. The Labute approximate surface area is 186 Å². The Morgan fingerprint density at radius 3 is 2.56 bits per heavy atom. The molecule has 1 aliphatic carbocycles. The molecule has 32 heavy (non-hydrogen) atoms. The van der Waals surface area contributed by atoms with Crippen LogP contribution in [0.4, 0.5) is 0 Å². The molecule has 3 rings (SSSR count). The highest BCUT2D eigenvalue weighted by Crippen LogP contribution is 2.19. The third kappa shape index (κ3) is 6.38. The number of hydrogen-bond donors (Lipinski definition) is 4. The quantitative estimate of drug-likeness (QED) is 0.364. The summed E-state index contributed by atoms with van der Waals surface area (Å²) in [5.41, 5.74) is 0.294. The predicted octanol–water partition coefficient (Wildman–Crippen LogP) is -0.821. The van der Waals surface area contributed by atoms with Crippen molar-refractivity contribution in [3.05, 3.63) is 18.0 Å². The monoisotopic (exact) mass is 446 g/mol. The van der Waals surface area contributed by atoms with Crippen LogP contribution in [-0.4, -0.2) is 64.4 Å². The van der Waals surface area contributed by atoms with Crippen molar-refractivity contribution in [2.45, 2.75) is 57.0 Å². The molecule has 2 fully saturated rings. The van der Waals surface area contributed by atoms with E-state index in [4.69, 9.17) is 0 Å². The third-order valence-electron chi connectivity index (χ3n) is 5.88. The van der Waals surface area contributed by atoms with E-state index in [2.05, 4.69) is 26.4 Å². The fraction of sp³-hybridized carbons (Fsp3) is 0.619. The van der Waals surface area contributed by atoms with Crippen molar-refractivity contribution in [3.8, 4) is 0 Å². The van der Waals surface area contributed by atoms with E-state index in [0.717, 1.165) is 32.1 Å². The fourth-order valence-corrected chi connectivity index (χ4v) is 4.09. The first kappa shape index (κ1) is 23.4. The highest BCUT2D eigenvalue weighted by Gasteiger charge is 2.34. The largest absolute Gasteiger partial charge is 0.356 e. The molecule has 0 bridgehead atoms. The highest BCUT2D eigenvalue weighted by molar-refractivity contribution is 6.38. The standard InChI is InChI=1S/C21H30N6O5/c1-27-12-14(10-24-27)20(31)23-11-17(28)26-16(9-13-7-8-22-19(13)30)18(29)21(32)25-15-5-3-2-4-6-15/h10,12-13,15-16H,2-9,11H2,1H3,(H,22,30)(H,23,31)(H,25,32)(H,26,28). The first-order valence-electron chi connectivity index (χ1n) is 11.0. The highest BCUT2D eigenvalue weighted by atomic mass is 16.2. The normalized spacial score (nSPS) is 19.7. The molecule has 11 heteroatoms. The number of ketones is 1. The average Bonchev–Trinajstić information content (AvgIpc) is 3.39. The summed E-state index contributed by atoms with van der Waals surface area (Å²) in [5.74, 6) is -3.29. The summed E-state index contributed by atoms with van der Waals surface area (Å²) in [6, 6.07) is -1.19. The second-order valence-corrected chi connectivity index (χ2v) is 8.39. The lowest BCUT2D eigenvalue weighted by molar-refractivity contribution is -0.141. The molecule has 2 aliphatic rings. The lowest BCUT2D eigenvalue weighted by Crippen LogP contribution is -2.52. The maximum atomic E-state index is 12.9. The fourth-order valence-electron chi connectivity index (χ4n) is 4.09. The van der Waals surface area contributed by atoms with Crippen LogP contribution in [0.5, 0.6) is 0 Å². The van der Waals surface area contributed by atoms with Gasteiger partial charge < -0.3 is 21.3 Å². The molecular formula is C21H30N6O5. The lowest BCUT2D eigenvalue weighted by Gasteiger charge is -2.24. The summed E-state index contributed by atoms with van der Waals surface area (Å²) in [7, 11) is 1.66. The van der Waals surface area contributed by atoms with Crippen molar-refractivity contribution < 1.29 is 24.0 Å². The van der Waals surface area contributed by atoms with Crippen molar-refractivity contribution in [3.63, 3.8) is 0 Å². The maximum Gasteiger partial charge on any atom is 0.289 e. The van der Waals surface area contributed by atoms with E-state index in [1.54, 1.807) is 7.05 Å². The van der Waals surface area contributed by atoms with Crippen LogP contribution in [0.25, 0.3) is 0 Å². The molecule has 1 saturated heterocycles. The van der Waals surface area contributed by atoms with E-state index < -0.39 is 35.5 Å². The van der Waals surface area contributed by atoms with Crippen LogP contribution in [0.15, 0.2) is 12.4 Å². The van der Waals surface area contributed by atoms with E-state index in [1.165, 1.54) is 17.1 Å². The summed E-state index contributed by atoms with van der Waals surface area (Å²) in [4.78, 5) is 61.9. The molecule has 0 radical (unpaired) electrons. The van der Waals surface area contributed by atoms with E-state index in [-0.39, 0.29) is 24.9 Å². The first-order valence-corrected chi connectivity index (χ1v) is 11.0. The van der Waals surface area contributed by atoms with E-state index >= 15 is 0 Å². The van der Waals surface area contributed by atoms with Crippen LogP contribution >= 0.6 is 0 Å². The van der Waals surface area contributed by atoms with Gasteiger partial charge >= 0.3 is 0 Å². The molecule has 1 aromatic heterocycles. The zero-order chi connectivity index (χ0) is 23.1. The Morgan fingerprint density at radius 1 is 1.19 bits per heavy atom. The van der Waals surface area contributed by atoms with Gasteiger partial charge in [-0.25, -0.2) is 0 Å². The minimum Gasteiger partial charge on any atom is -0.356 e. The summed E-state index contributed by atoms with van der Waals surface area (Å²) in [6.07, 6.45) is 8.19. The Hall–Kier alpha value is -3.24. The number of rotatable bonds is 9. The zero-order valence-corrected chi connectivity index (χ0v) is 18.2. The van der Waals surface area contributed by atoms with Gasteiger partial charge in [0.05, 0.1) is 24.3 Å². The number of aromatic nitrogens is 2. The number of nitrogens with zero attached hydrogens (tertiary/aromatic N) is 2. The van der Waals surface area contributed by atoms with Gasteiger partial charge in [0.2, 0.25) is 17.6 Å². The molecule has 2 unspecified atom stereocenters. The van der Waals surface area contributed by atoms with Crippen molar-refractivity contribution in [1.82, 2.24) is 31.0 Å². The summed E-state index contributed by atoms with van der Waals surface area (Å²) in [5, 5.41) is 14.3. The Morgan fingerprint density at radius 2 is 1.94 bits per heavy atom. The topological polar surface area (TPSA) is 151 Å². The van der Waals surface area contributed by atoms with Crippen LogP contribution in [0, 0.1) is 5.92 Å². The predicted molar refractivity (Wildman–Crippen MR) is 113 cm³/mol. The lowest BCUT2D eigenvalue weighted by atomic mass is 9.93. The molecule has 1 aromatic rings. The van der Waals surface area contributed by atoms with Crippen LogP contribution in [0.2, 0.25) is 0 Å². The molecule has 1 aliphatic heterocycles. The summed E-state index contributed by atoms with van der Waals surface area (Å²) < 4.78 is 1.46. The second kappa shape index (κ2) is 10.9. The summed E-state index contributed by atoms with van der Waals surface area (Å²) in [6.45, 7) is 0.117. The molecule has 1 saturated carbocycles. The van der Waals surface area contributed by atoms with Gasteiger partial charge in [-0.3, -0.25) is 28.7 Å². The molecule has 0 aromatic carbocycles. The van der Waals surface area contributed by atoms with Gasteiger partial charge in [-0.1, -0.05) is 19.3 Å². The van der Waals surface area contributed by atoms with Gasteiger partial charge in [0.25, 0.3) is 11.8 Å². The number of carbonyl (C=O) groups excluding carboxylic acids is 5. The number of hydrogen-bond acceptors (Lipinski definition) is 6. The molecular weight excluding hydrogens is 416 g/mol. The molecule has 2 atom stereocenters. The summed E-state index contributed by atoms with van der Waals surface area (Å²) >= 11 is 0. The number of nitrogens with one attached hydrogen (secondary N) is 4. The number of carbonyl (C=O) groups is 5. The molecule has 0 spiro atoms. The van der Waals surface area contributed by atoms with Crippen LogP contribution < -0.4 is 21.3 Å². The maximum absolute atomic E-state index is 12.9. The number of aryl methyl sites for hydroxylation is 1. The Kier molecular flexibility index (Phi) is 7.96. The van der Waals surface area contributed by atoms with Gasteiger partial charge in [0, 0.05) is 31.7 Å². The van der Waals surface area contributed by atoms with Gasteiger partial charge in [-0.05, 0) is 25.7 Å². The Balaban J connectivity index is 1.58. The van der Waals surface area contributed by atoms with Crippen molar-refractivity contribution in [2.75, 3.05) is 13.1 Å². The number of amides is 4. The third-order valence-corrected chi connectivity index (χ3v) is 5.88. The van der Waals surface area contributed by atoms with E-state index in [0.29, 0.717) is 18.5 Å². The van der Waals surface area contributed by atoms with Gasteiger partial charge in [-0.2, -0.15) is 5.10 Å². The van der Waals surface area contributed by atoms with E-state index in [9.17, 15) is 24.0 Å². The smallest absolute Gasteiger partial charge is 0.289 e. The van der Waals surface area contributed by atoms with Crippen molar-refractivity contribution >= 4 is 29.4 Å². The van der Waals surface area contributed by atoms with E-state index in [1.807, 2.05) is 0 Å². The molecule has 11 nitrogen and oxygen atoms in total. The van der Waals surface area contributed by atoms with Crippen LogP contribution in [-0.2, 0) is 26.2 Å². The molecule has 4 N–H and O–H groups in total. The molecule has 174 valence electrons. The van der Waals surface area contributed by atoms with Crippen molar-refractivity contribution in [1.29, 1.82) is 0 Å². The van der Waals surface area contributed by atoms with Crippen LogP contribution in [0.1, 0.15) is 55.3 Å².